The number of carbonyl (C=O) groups excluding carboxylic acids is 2. The molecule has 0 radical (unpaired) electrons. The number of esters is 1. The van der Waals surface area contributed by atoms with Crippen LogP contribution in [0.4, 0.5) is 0 Å². The standard InChI is InChI=1S/C25H20ClN3O4S/c1-33-25(32)20-10-16-4-2-3-5-17(16)12-29(20)22(30)13-28-14-27-19-11-21(34-23(19)24(28)31)15-6-8-18(26)9-7-15/h2-9,11,14,20H,10,12-13H2,1H3/t20-/m0/s1. The maximum atomic E-state index is 13.3. The molecule has 5 rings (SSSR count). The molecule has 34 heavy (non-hydrogen) atoms. The first kappa shape index (κ1) is 22.3. The van der Waals surface area contributed by atoms with E-state index in [4.69, 9.17) is 16.3 Å². The smallest absolute Gasteiger partial charge is 0.328 e. The van der Waals surface area contributed by atoms with E-state index in [2.05, 4.69) is 4.98 Å². The highest BCUT2D eigenvalue weighted by molar-refractivity contribution is 7.22. The third-order valence-corrected chi connectivity index (χ3v) is 7.39. The molecule has 0 bridgehead atoms. The van der Waals surface area contributed by atoms with Crippen molar-refractivity contribution in [2.75, 3.05) is 7.11 Å². The number of methoxy groups -OCH3 is 1. The van der Waals surface area contributed by atoms with E-state index in [0.29, 0.717) is 21.7 Å². The van der Waals surface area contributed by atoms with Gasteiger partial charge in [0.05, 0.1) is 19.0 Å². The average molecular weight is 494 g/mol. The highest BCUT2D eigenvalue weighted by atomic mass is 35.5. The van der Waals surface area contributed by atoms with Gasteiger partial charge in [-0.2, -0.15) is 0 Å². The van der Waals surface area contributed by atoms with Gasteiger partial charge in [-0.25, -0.2) is 9.78 Å². The van der Waals surface area contributed by atoms with Gasteiger partial charge in [-0.15, -0.1) is 11.3 Å². The zero-order chi connectivity index (χ0) is 23.8. The molecule has 9 heteroatoms. The first-order valence-corrected chi connectivity index (χ1v) is 11.8. The molecule has 0 saturated carbocycles. The molecule has 0 saturated heterocycles. The first-order valence-electron chi connectivity index (χ1n) is 10.6. The Kier molecular flexibility index (Phi) is 5.93. The van der Waals surface area contributed by atoms with Crippen molar-refractivity contribution in [3.8, 4) is 10.4 Å². The van der Waals surface area contributed by atoms with Crippen molar-refractivity contribution in [3.05, 3.63) is 87.4 Å². The van der Waals surface area contributed by atoms with E-state index in [1.165, 1.54) is 34.2 Å². The molecule has 0 spiro atoms. The summed E-state index contributed by atoms with van der Waals surface area (Å²) in [6.07, 6.45) is 1.75. The van der Waals surface area contributed by atoms with E-state index >= 15 is 0 Å². The van der Waals surface area contributed by atoms with Gasteiger partial charge >= 0.3 is 5.97 Å². The Morgan fingerprint density at radius 3 is 2.62 bits per heavy atom. The molecule has 1 amide bonds. The van der Waals surface area contributed by atoms with Crippen LogP contribution >= 0.6 is 22.9 Å². The number of aromatic nitrogens is 2. The van der Waals surface area contributed by atoms with Crippen LogP contribution in [0.1, 0.15) is 11.1 Å². The molecule has 1 aliphatic rings. The Balaban J connectivity index is 1.44. The van der Waals surface area contributed by atoms with Gasteiger partial charge in [0.15, 0.2) is 0 Å². The number of rotatable bonds is 4. The Bertz CT molecular complexity index is 1460. The minimum absolute atomic E-state index is 0.217. The molecule has 0 aliphatic carbocycles. The SMILES string of the molecule is COC(=O)[C@@H]1Cc2ccccc2CN1C(=O)Cn1cnc2cc(-c3ccc(Cl)cc3)sc2c1=O. The molecule has 3 heterocycles. The summed E-state index contributed by atoms with van der Waals surface area (Å²) in [5.41, 5.74) is 3.19. The van der Waals surface area contributed by atoms with Gasteiger partial charge in [-0.3, -0.25) is 14.2 Å². The van der Waals surface area contributed by atoms with Crippen LogP contribution in [0, 0.1) is 0 Å². The van der Waals surface area contributed by atoms with Crippen molar-refractivity contribution >= 4 is 45.0 Å². The van der Waals surface area contributed by atoms with Crippen molar-refractivity contribution in [3.63, 3.8) is 0 Å². The maximum absolute atomic E-state index is 13.3. The van der Waals surface area contributed by atoms with Gasteiger partial charge in [0.25, 0.3) is 5.56 Å². The third kappa shape index (κ3) is 4.10. The fraction of sp³-hybridized carbons (Fsp3) is 0.200. The third-order valence-electron chi connectivity index (χ3n) is 5.98. The lowest BCUT2D eigenvalue weighted by Gasteiger charge is -2.35. The zero-order valence-electron chi connectivity index (χ0n) is 18.2. The van der Waals surface area contributed by atoms with E-state index in [9.17, 15) is 14.4 Å². The van der Waals surface area contributed by atoms with Crippen LogP contribution < -0.4 is 5.56 Å². The average Bonchev–Trinajstić information content (AvgIpc) is 3.30. The zero-order valence-corrected chi connectivity index (χ0v) is 19.8. The van der Waals surface area contributed by atoms with Crippen molar-refractivity contribution in [1.29, 1.82) is 0 Å². The second-order valence-electron chi connectivity index (χ2n) is 8.04. The van der Waals surface area contributed by atoms with E-state index < -0.39 is 12.0 Å². The molecule has 1 aliphatic heterocycles. The molecule has 4 aromatic rings. The number of fused-ring (bicyclic) bond motifs is 2. The van der Waals surface area contributed by atoms with Crippen LogP contribution in [-0.2, 0) is 33.8 Å². The Labute approximate surface area is 204 Å². The fourth-order valence-electron chi connectivity index (χ4n) is 4.18. The topological polar surface area (TPSA) is 81.5 Å². The lowest BCUT2D eigenvalue weighted by atomic mass is 9.94. The van der Waals surface area contributed by atoms with Crippen LogP contribution in [0.25, 0.3) is 20.7 Å². The molecular weight excluding hydrogens is 474 g/mol. The van der Waals surface area contributed by atoms with Gasteiger partial charge in [0, 0.05) is 22.9 Å². The van der Waals surface area contributed by atoms with E-state index in [1.807, 2.05) is 42.5 Å². The summed E-state index contributed by atoms with van der Waals surface area (Å²) in [4.78, 5) is 45.6. The van der Waals surface area contributed by atoms with E-state index in [-0.39, 0.29) is 24.6 Å². The second kappa shape index (κ2) is 9.04. The van der Waals surface area contributed by atoms with Crippen molar-refractivity contribution < 1.29 is 14.3 Å². The number of thiophene rings is 1. The molecule has 7 nitrogen and oxygen atoms in total. The predicted molar refractivity (Wildman–Crippen MR) is 131 cm³/mol. The monoisotopic (exact) mass is 493 g/mol. The minimum Gasteiger partial charge on any atom is -0.467 e. The Morgan fingerprint density at radius 2 is 1.88 bits per heavy atom. The summed E-state index contributed by atoms with van der Waals surface area (Å²) in [6.45, 7) is 0.0600. The second-order valence-corrected chi connectivity index (χ2v) is 9.53. The van der Waals surface area contributed by atoms with Crippen molar-refractivity contribution in [2.45, 2.75) is 25.6 Å². The first-order chi connectivity index (χ1) is 16.4. The van der Waals surface area contributed by atoms with Crippen molar-refractivity contribution in [1.82, 2.24) is 14.5 Å². The van der Waals surface area contributed by atoms with Crippen LogP contribution in [0.2, 0.25) is 5.02 Å². The van der Waals surface area contributed by atoms with Crippen LogP contribution in [0.5, 0.6) is 0 Å². The van der Waals surface area contributed by atoms with Gasteiger partial charge < -0.3 is 9.64 Å². The molecule has 172 valence electrons. The minimum atomic E-state index is -0.738. The summed E-state index contributed by atoms with van der Waals surface area (Å²) in [7, 11) is 1.31. The van der Waals surface area contributed by atoms with E-state index in [1.54, 1.807) is 12.1 Å². The van der Waals surface area contributed by atoms with Gasteiger partial charge in [0.1, 0.15) is 17.3 Å². The summed E-state index contributed by atoms with van der Waals surface area (Å²) in [5.74, 6) is -0.822. The Hall–Kier alpha value is -3.49. The molecule has 2 aromatic heterocycles. The maximum Gasteiger partial charge on any atom is 0.328 e. The van der Waals surface area contributed by atoms with Crippen LogP contribution in [0.3, 0.4) is 0 Å². The molecule has 0 N–H and O–H groups in total. The molecule has 2 aromatic carbocycles. The number of carbonyl (C=O) groups is 2. The molecule has 0 unspecified atom stereocenters. The number of halogens is 1. The Morgan fingerprint density at radius 1 is 1.15 bits per heavy atom. The molecular formula is C25H20ClN3O4S. The predicted octanol–water partition coefficient (Wildman–Crippen LogP) is 3.90. The number of amides is 1. The largest absolute Gasteiger partial charge is 0.467 e. The summed E-state index contributed by atoms with van der Waals surface area (Å²) in [6, 6.07) is 16.2. The summed E-state index contributed by atoms with van der Waals surface area (Å²) >= 11 is 7.30. The summed E-state index contributed by atoms with van der Waals surface area (Å²) in [5, 5.41) is 0.634. The highest BCUT2D eigenvalue weighted by Crippen LogP contribution is 2.31. The molecule has 1 atom stereocenters. The number of benzene rings is 2. The van der Waals surface area contributed by atoms with Crippen LogP contribution in [0.15, 0.2) is 65.7 Å². The fourth-order valence-corrected chi connectivity index (χ4v) is 5.37. The van der Waals surface area contributed by atoms with E-state index in [0.717, 1.165) is 21.6 Å². The van der Waals surface area contributed by atoms with Gasteiger partial charge in [0.2, 0.25) is 5.91 Å². The van der Waals surface area contributed by atoms with Crippen LogP contribution in [-0.4, -0.2) is 39.5 Å². The number of nitrogens with zero attached hydrogens (tertiary/aromatic N) is 3. The number of hydrogen-bond acceptors (Lipinski definition) is 6. The van der Waals surface area contributed by atoms with Gasteiger partial charge in [-0.1, -0.05) is 48.0 Å². The normalized spacial score (nSPS) is 15.2. The highest BCUT2D eigenvalue weighted by Gasteiger charge is 2.35. The number of hydrogen-bond donors (Lipinski definition) is 0. The lowest BCUT2D eigenvalue weighted by Crippen LogP contribution is -2.50. The number of ether oxygens (including phenoxy) is 1. The lowest BCUT2D eigenvalue weighted by molar-refractivity contribution is -0.154. The quantitative estimate of drug-likeness (QED) is 0.403. The summed E-state index contributed by atoms with van der Waals surface area (Å²) < 4.78 is 6.71. The van der Waals surface area contributed by atoms with Gasteiger partial charge in [-0.05, 0) is 34.9 Å². The molecule has 0 fully saturated rings. The van der Waals surface area contributed by atoms with Crippen molar-refractivity contribution in [2.24, 2.45) is 0 Å².